The van der Waals surface area contributed by atoms with Gasteiger partial charge in [0.25, 0.3) is 0 Å². The number of aryl methyl sites for hydroxylation is 1. The summed E-state index contributed by atoms with van der Waals surface area (Å²) in [6.07, 6.45) is 0. The van der Waals surface area contributed by atoms with Gasteiger partial charge in [0.2, 0.25) is 0 Å². The Bertz CT molecular complexity index is 1330. The average Bonchev–Trinajstić information content (AvgIpc) is 3.34. The maximum Gasteiger partial charge on any atom is 0.196 e. The topological polar surface area (TPSA) is 75.3 Å². The van der Waals surface area contributed by atoms with Crippen molar-refractivity contribution >= 4 is 38.9 Å². The molecule has 0 aliphatic carbocycles. The second-order valence-corrected chi connectivity index (χ2v) is 7.98. The molecule has 0 radical (unpaired) electrons. The zero-order chi connectivity index (χ0) is 20.1. The van der Waals surface area contributed by atoms with Gasteiger partial charge in [-0.1, -0.05) is 24.3 Å². The summed E-state index contributed by atoms with van der Waals surface area (Å²) in [7, 11) is 0. The molecular formula is C23H23N6O+. The fourth-order valence-electron chi connectivity index (χ4n) is 4.44. The highest BCUT2D eigenvalue weighted by atomic mass is 16.3. The minimum absolute atomic E-state index is 0.779. The minimum atomic E-state index is 0.779. The Hall–Kier alpha value is -3.45. The maximum atomic E-state index is 6.16. The Morgan fingerprint density at radius 1 is 1.00 bits per heavy atom. The van der Waals surface area contributed by atoms with Crippen LogP contribution in [0.25, 0.3) is 33.1 Å². The van der Waals surface area contributed by atoms with Gasteiger partial charge in [-0.25, -0.2) is 15.0 Å². The number of fused-ring (bicyclic) bond motifs is 4. The number of hydrogen-bond acceptors (Lipinski definition) is 5. The largest absolute Gasteiger partial charge is 0.450 e. The Morgan fingerprint density at radius 3 is 2.67 bits per heavy atom. The molecule has 1 saturated heterocycles. The molecule has 4 heterocycles. The van der Waals surface area contributed by atoms with Gasteiger partial charge in [0.1, 0.15) is 23.5 Å². The van der Waals surface area contributed by atoms with Crippen LogP contribution < -0.4 is 9.80 Å². The van der Waals surface area contributed by atoms with Gasteiger partial charge in [0.05, 0.1) is 37.2 Å². The smallest absolute Gasteiger partial charge is 0.196 e. The van der Waals surface area contributed by atoms with Gasteiger partial charge < -0.3 is 19.2 Å². The van der Waals surface area contributed by atoms with Crippen molar-refractivity contribution in [3.8, 4) is 0 Å². The third kappa shape index (κ3) is 2.90. The zero-order valence-electron chi connectivity index (χ0n) is 16.9. The predicted octanol–water partition coefficient (Wildman–Crippen LogP) is 2.47. The molecular weight excluding hydrogens is 376 g/mol. The lowest BCUT2D eigenvalue weighted by Crippen LogP contribution is -3.13. The Balaban J connectivity index is 1.24. The van der Waals surface area contributed by atoms with Crippen LogP contribution in [0.4, 0.5) is 5.82 Å². The van der Waals surface area contributed by atoms with Gasteiger partial charge in [-0.2, -0.15) is 0 Å². The molecule has 7 heteroatoms. The number of piperazine rings is 1. The fraction of sp³-hybridized carbons (Fsp3) is 0.261. The van der Waals surface area contributed by atoms with Crippen molar-refractivity contribution in [3.05, 3.63) is 60.2 Å². The number of quaternary nitrogens is 1. The van der Waals surface area contributed by atoms with E-state index in [1.54, 1.807) is 0 Å². The number of anilines is 1. The average molecular weight is 399 g/mol. The molecule has 2 aromatic carbocycles. The summed E-state index contributed by atoms with van der Waals surface area (Å²) in [5.74, 6) is 2.75. The molecule has 150 valence electrons. The number of aromatic nitrogens is 4. The lowest BCUT2D eigenvalue weighted by Gasteiger charge is -2.32. The van der Waals surface area contributed by atoms with Crippen LogP contribution in [-0.4, -0.2) is 46.1 Å². The van der Waals surface area contributed by atoms with Crippen molar-refractivity contribution in [2.24, 2.45) is 0 Å². The first-order valence-corrected chi connectivity index (χ1v) is 10.4. The summed E-state index contributed by atoms with van der Waals surface area (Å²) in [6.45, 7) is 6.78. The summed E-state index contributed by atoms with van der Waals surface area (Å²) in [5, 5.41) is 1.05. The number of H-pyrrole nitrogens is 1. The summed E-state index contributed by atoms with van der Waals surface area (Å²) < 4.78 is 6.16. The number of aromatic amines is 1. The molecule has 0 atom stereocenters. The van der Waals surface area contributed by atoms with Crippen molar-refractivity contribution in [3.63, 3.8) is 0 Å². The summed E-state index contributed by atoms with van der Waals surface area (Å²) in [6, 6.07) is 16.3. The number of nitrogens with zero attached hydrogens (tertiary/aromatic N) is 4. The van der Waals surface area contributed by atoms with Crippen molar-refractivity contribution in [1.29, 1.82) is 0 Å². The highest BCUT2D eigenvalue weighted by Gasteiger charge is 2.26. The normalized spacial score (nSPS) is 15.6. The van der Waals surface area contributed by atoms with Crippen molar-refractivity contribution in [1.82, 2.24) is 19.9 Å². The fourth-order valence-corrected chi connectivity index (χ4v) is 4.44. The van der Waals surface area contributed by atoms with E-state index in [4.69, 9.17) is 14.4 Å². The highest BCUT2D eigenvalue weighted by molar-refractivity contribution is 6.05. The molecule has 0 bridgehead atoms. The first-order valence-electron chi connectivity index (χ1n) is 10.4. The SMILES string of the molecule is Cc1nc(N2CC[NH+](Cc3nc4ccccc4[nH]3)CC2)c2oc3ccccc3c2n1. The quantitative estimate of drug-likeness (QED) is 0.488. The van der Waals surface area contributed by atoms with Crippen LogP contribution >= 0.6 is 0 Å². The minimum Gasteiger partial charge on any atom is -0.450 e. The van der Waals surface area contributed by atoms with Crippen LogP contribution in [0.2, 0.25) is 0 Å². The van der Waals surface area contributed by atoms with Gasteiger partial charge in [-0.15, -0.1) is 0 Å². The molecule has 0 spiro atoms. The third-order valence-electron chi connectivity index (χ3n) is 5.94. The molecule has 6 rings (SSSR count). The maximum absolute atomic E-state index is 6.16. The highest BCUT2D eigenvalue weighted by Crippen LogP contribution is 2.32. The molecule has 2 N–H and O–H groups in total. The summed E-state index contributed by atoms with van der Waals surface area (Å²) in [5.41, 5.74) is 4.71. The van der Waals surface area contributed by atoms with Crippen LogP contribution in [0.1, 0.15) is 11.6 Å². The molecule has 3 aromatic heterocycles. The van der Waals surface area contributed by atoms with E-state index >= 15 is 0 Å². The van der Waals surface area contributed by atoms with E-state index in [0.29, 0.717) is 0 Å². The van der Waals surface area contributed by atoms with E-state index in [-0.39, 0.29) is 0 Å². The molecule has 1 aliphatic rings. The van der Waals surface area contributed by atoms with Gasteiger partial charge in [0.15, 0.2) is 17.2 Å². The van der Waals surface area contributed by atoms with Crippen LogP contribution in [0.3, 0.4) is 0 Å². The molecule has 0 amide bonds. The lowest BCUT2D eigenvalue weighted by molar-refractivity contribution is -0.914. The second-order valence-electron chi connectivity index (χ2n) is 7.98. The molecule has 0 saturated carbocycles. The second kappa shape index (κ2) is 6.81. The molecule has 5 aromatic rings. The Morgan fingerprint density at radius 2 is 1.80 bits per heavy atom. The van der Waals surface area contributed by atoms with Crippen LogP contribution in [-0.2, 0) is 6.54 Å². The molecule has 1 fully saturated rings. The van der Waals surface area contributed by atoms with Crippen LogP contribution in [0, 0.1) is 6.92 Å². The Kier molecular flexibility index (Phi) is 3.95. The zero-order valence-corrected chi connectivity index (χ0v) is 16.9. The molecule has 1 aliphatic heterocycles. The number of para-hydroxylation sites is 3. The van der Waals surface area contributed by atoms with E-state index in [9.17, 15) is 0 Å². The summed E-state index contributed by atoms with van der Waals surface area (Å²) >= 11 is 0. The van der Waals surface area contributed by atoms with Gasteiger partial charge in [-0.05, 0) is 31.2 Å². The molecule has 30 heavy (non-hydrogen) atoms. The van der Waals surface area contributed by atoms with E-state index in [1.807, 2.05) is 37.3 Å². The number of hydrogen-bond donors (Lipinski definition) is 2. The number of imidazole rings is 1. The van der Waals surface area contributed by atoms with Gasteiger partial charge in [0, 0.05) is 5.39 Å². The van der Waals surface area contributed by atoms with E-state index < -0.39 is 0 Å². The van der Waals surface area contributed by atoms with Crippen molar-refractivity contribution < 1.29 is 9.32 Å². The van der Waals surface area contributed by atoms with Crippen molar-refractivity contribution in [2.45, 2.75) is 13.5 Å². The number of furan rings is 1. The standard InChI is InChI=1S/C23H22N6O/c1-15-24-21-16-6-2-5-9-19(16)30-22(21)23(25-15)29-12-10-28(11-13-29)14-20-26-17-7-3-4-8-18(17)27-20/h2-9H,10-14H2,1H3,(H,26,27)/p+1. The Labute approximate surface area is 173 Å². The van der Waals surface area contributed by atoms with E-state index in [1.165, 1.54) is 4.90 Å². The van der Waals surface area contributed by atoms with Gasteiger partial charge in [-0.3, -0.25) is 0 Å². The molecule has 0 unspecified atom stereocenters. The van der Waals surface area contributed by atoms with Gasteiger partial charge >= 0.3 is 0 Å². The lowest BCUT2D eigenvalue weighted by atomic mass is 10.2. The van der Waals surface area contributed by atoms with E-state index in [2.05, 4.69) is 33.1 Å². The number of benzene rings is 2. The number of rotatable bonds is 3. The monoisotopic (exact) mass is 399 g/mol. The predicted molar refractivity (Wildman–Crippen MR) is 117 cm³/mol. The van der Waals surface area contributed by atoms with E-state index in [0.717, 1.165) is 83.3 Å². The third-order valence-corrected chi connectivity index (χ3v) is 5.94. The molecule has 7 nitrogen and oxygen atoms in total. The van der Waals surface area contributed by atoms with Crippen LogP contribution in [0.5, 0.6) is 0 Å². The number of nitrogens with one attached hydrogen (secondary N) is 2. The first kappa shape index (κ1) is 17.4. The van der Waals surface area contributed by atoms with Crippen LogP contribution in [0.15, 0.2) is 52.9 Å². The first-order chi connectivity index (χ1) is 14.7. The summed E-state index contributed by atoms with van der Waals surface area (Å²) in [4.78, 5) is 21.5. The van der Waals surface area contributed by atoms with Crippen molar-refractivity contribution in [2.75, 3.05) is 31.1 Å².